The summed E-state index contributed by atoms with van der Waals surface area (Å²) in [6.45, 7) is 4.31. The zero-order valence-corrected chi connectivity index (χ0v) is 15.4. The zero-order chi connectivity index (χ0) is 17.7. The van der Waals surface area contributed by atoms with Crippen molar-refractivity contribution in [3.8, 4) is 5.75 Å². The maximum Gasteiger partial charge on any atom is 0.226 e. The Labute approximate surface area is 152 Å². The Hall–Kier alpha value is -1.91. The van der Waals surface area contributed by atoms with Crippen LogP contribution >= 0.6 is 23.2 Å². The van der Waals surface area contributed by atoms with Crippen LogP contribution in [0.15, 0.2) is 30.3 Å². The van der Waals surface area contributed by atoms with E-state index in [-0.39, 0.29) is 5.91 Å². The van der Waals surface area contributed by atoms with Crippen LogP contribution in [0.25, 0.3) is 0 Å². The Morgan fingerprint density at radius 1 is 1.12 bits per heavy atom. The Kier molecular flexibility index (Phi) is 6.35. The lowest BCUT2D eigenvalue weighted by Gasteiger charge is -2.13. The maximum atomic E-state index is 12.2. The number of nitrogens with one attached hydrogen (secondary N) is 2. The molecule has 1 amide bonds. The summed E-state index contributed by atoms with van der Waals surface area (Å²) in [6.07, 6.45) is 0.316. The van der Waals surface area contributed by atoms with Gasteiger partial charge in [-0.3, -0.25) is 4.79 Å². The standard InChI is InChI=1S/C18H20Cl2N2O2/c1-11-9-16(17(24-3)10-14(11)20)22-18(23)7-8-21-15-6-4-5-13(19)12(15)2/h4-6,9-10,21H,7-8H2,1-3H3,(H,22,23). The molecule has 2 N–H and O–H groups in total. The van der Waals surface area contributed by atoms with Crippen LogP contribution in [0, 0.1) is 13.8 Å². The summed E-state index contributed by atoms with van der Waals surface area (Å²) < 4.78 is 5.26. The summed E-state index contributed by atoms with van der Waals surface area (Å²) in [7, 11) is 1.54. The third-order valence-corrected chi connectivity index (χ3v) is 4.51. The van der Waals surface area contributed by atoms with Crippen LogP contribution in [0.1, 0.15) is 17.5 Å². The van der Waals surface area contributed by atoms with Crippen molar-refractivity contribution in [1.29, 1.82) is 0 Å². The molecule has 0 heterocycles. The maximum absolute atomic E-state index is 12.2. The molecule has 0 bridgehead atoms. The number of amides is 1. The van der Waals surface area contributed by atoms with E-state index >= 15 is 0 Å². The molecule has 0 fully saturated rings. The first-order chi connectivity index (χ1) is 11.4. The van der Waals surface area contributed by atoms with Gasteiger partial charge in [0.25, 0.3) is 0 Å². The van der Waals surface area contributed by atoms with Crippen molar-refractivity contribution >= 4 is 40.5 Å². The first-order valence-corrected chi connectivity index (χ1v) is 8.31. The Morgan fingerprint density at radius 2 is 1.88 bits per heavy atom. The van der Waals surface area contributed by atoms with Crippen LogP contribution in [-0.4, -0.2) is 19.6 Å². The molecule has 4 nitrogen and oxygen atoms in total. The van der Waals surface area contributed by atoms with Crippen LogP contribution in [-0.2, 0) is 4.79 Å². The fraction of sp³-hybridized carbons (Fsp3) is 0.278. The first kappa shape index (κ1) is 18.4. The van der Waals surface area contributed by atoms with E-state index in [0.29, 0.717) is 34.4 Å². The van der Waals surface area contributed by atoms with Crippen molar-refractivity contribution in [2.24, 2.45) is 0 Å². The van der Waals surface area contributed by atoms with Gasteiger partial charge in [0.05, 0.1) is 12.8 Å². The summed E-state index contributed by atoms with van der Waals surface area (Å²) in [5, 5.41) is 7.37. The number of carbonyl (C=O) groups is 1. The van der Waals surface area contributed by atoms with Crippen molar-refractivity contribution in [3.05, 3.63) is 51.5 Å². The van der Waals surface area contributed by atoms with Crippen LogP contribution in [0.2, 0.25) is 10.0 Å². The van der Waals surface area contributed by atoms with Gasteiger partial charge in [0, 0.05) is 34.8 Å². The van der Waals surface area contributed by atoms with E-state index in [4.69, 9.17) is 27.9 Å². The van der Waals surface area contributed by atoms with Gasteiger partial charge in [-0.25, -0.2) is 0 Å². The highest BCUT2D eigenvalue weighted by Crippen LogP contribution is 2.31. The van der Waals surface area contributed by atoms with Crippen molar-refractivity contribution < 1.29 is 9.53 Å². The molecule has 0 aliphatic carbocycles. The number of rotatable bonds is 6. The van der Waals surface area contributed by atoms with Crippen LogP contribution in [0.4, 0.5) is 11.4 Å². The number of methoxy groups -OCH3 is 1. The second-order valence-corrected chi connectivity index (χ2v) is 6.25. The molecular weight excluding hydrogens is 347 g/mol. The molecule has 0 atom stereocenters. The molecule has 2 aromatic carbocycles. The fourth-order valence-electron chi connectivity index (χ4n) is 2.25. The lowest BCUT2D eigenvalue weighted by molar-refractivity contribution is -0.116. The number of benzene rings is 2. The summed E-state index contributed by atoms with van der Waals surface area (Å²) in [6, 6.07) is 9.14. The summed E-state index contributed by atoms with van der Waals surface area (Å²) >= 11 is 12.1. The molecule has 0 unspecified atom stereocenters. The van der Waals surface area contributed by atoms with Crippen molar-refractivity contribution in [1.82, 2.24) is 0 Å². The van der Waals surface area contributed by atoms with Crippen LogP contribution < -0.4 is 15.4 Å². The molecule has 0 aliphatic heterocycles. The quantitative estimate of drug-likeness (QED) is 0.750. The zero-order valence-electron chi connectivity index (χ0n) is 13.9. The Bertz CT molecular complexity index is 748. The van der Waals surface area contributed by atoms with E-state index in [9.17, 15) is 4.79 Å². The average molecular weight is 367 g/mol. The number of hydrogen-bond acceptors (Lipinski definition) is 3. The number of carbonyl (C=O) groups excluding carboxylic acids is 1. The highest BCUT2D eigenvalue weighted by Gasteiger charge is 2.10. The smallest absolute Gasteiger partial charge is 0.226 e. The van der Waals surface area contributed by atoms with Gasteiger partial charge >= 0.3 is 0 Å². The predicted octanol–water partition coefficient (Wildman–Crippen LogP) is 5.06. The van der Waals surface area contributed by atoms with Crippen LogP contribution in [0.3, 0.4) is 0 Å². The Balaban J connectivity index is 1.94. The van der Waals surface area contributed by atoms with Gasteiger partial charge in [0.2, 0.25) is 5.91 Å². The van der Waals surface area contributed by atoms with Gasteiger partial charge in [-0.1, -0.05) is 29.3 Å². The fourth-order valence-corrected chi connectivity index (χ4v) is 2.58. The molecule has 24 heavy (non-hydrogen) atoms. The number of ether oxygens (including phenoxy) is 1. The second-order valence-electron chi connectivity index (χ2n) is 5.44. The monoisotopic (exact) mass is 366 g/mol. The number of anilines is 2. The summed E-state index contributed by atoms with van der Waals surface area (Å²) in [5.74, 6) is 0.430. The molecule has 2 aromatic rings. The van der Waals surface area contributed by atoms with E-state index in [1.165, 1.54) is 0 Å². The summed E-state index contributed by atoms with van der Waals surface area (Å²) in [4.78, 5) is 12.2. The predicted molar refractivity (Wildman–Crippen MR) is 101 cm³/mol. The van der Waals surface area contributed by atoms with Crippen molar-refractivity contribution in [2.45, 2.75) is 20.3 Å². The minimum Gasteiger partial charge on any atom is -0.495 e. The lowest BCUT2D eigenvalue weighted by Crippen LogP contribution is -2.17. The number of halogens is 2. The Morgan fingerprint density at radius 3 is 2.58 bits per heavy atom. The second kappa shape index (κ2) is 8.27. The first-order valence-electron chi connectivity index (χ1n) is 7.55. The van der Waals surface area contributed by atoms with Crippen molar-refractivity contribution in [3.63, 3.8) is 0 Å². The minimum absolute atomic E-state index is 0.109. The molecule has 0 radical (unpaired) electrons. The third-order valence-electron chi connectivity index (χ3n) is 3.69. The molecule has 0 aliphatic rings. The molecule has 0 spiro atoms. The SMILES string of the molecule is COc1cc(Cl)c(C)cc1NC(=O)CCNc1cccc(Cl)c1C. The van der Waals surface area contributed by atoms with E-state index < -0.39 is 0 Å². The van der Waals surface area contributed by atoms with E-state index in [1.54, 1.807) is 19.2 Å². The third kappa shape index (κ3) is 4.56. The highest BCUT2D eigenvalue weighted by molar-refractivity contribution is 6.32. The van der Waals surface area contributed by atoms with Gasteiger partial charge in [-0.2, -0.15) is 0 Å². The molecule has 2 rings (SSSR count). The molecule has 128 valence electrons. The van der Waals surface area contributed by atoms with Gasteiger partial charge in [-0.05, 0) is 43.2 Å². The van der Waals surface area contributed by atoms with E-state index in [0.717, 1.165) is 16.8 Å². The number of aryl methyl sites for hydroxylation is 1. The van der Waals surface area contributed by atoms with E-state index in [2.05, 4.69) is 10.6 Å². The highest BCUT2D eigenvalue weighted by atomic mass is 35.5. The van der Waals surface area contributed by atoms with Crippen LogP contribution in [0.5, 0.6) is 5.75 Å². The summed E-state index contributed by atoms with van der Waals surface area (Å²) in [5.41, 5.74) is 3.38. The van der Waals surface area contributed by atoms with Gasteiger partial charge < -0.3 is 15.4 Å². The van der Waals surface area contributed by atoms with Crippen molar-refractivity contribution in [2.75, 3.05) is 24.3 Å². The van der Waals surface area contributed by atoms with E-state index in [1.807, 2.05) is 32.0 Å². The van der Waals surface area contributed by atoms with Gasteiger partial charge in [0.1, 0.15) is 5.75 Å². The minimum atomic E-state index is -0.109. The average Bonchev–Trinajstić information content (AvgIpc) is 2.54. The number of hydrogen-bond donors (Lipinski definition) is 2. The topological polar surface area (TPSA) is 50.4 Å². The molecule has 6 heteroatoms. The lowest BCUT2D eigenvalue weighted by atomic mass is 10.2. The molecular formula is C18H20Cl2N2O2. The van der Waals surface area contributed by atoms with Gasteiger partial charge in [0.15, 0.2) is 0 Å². The van der Waals surface area contributed by atoms with Gasteiger partial charge in [-0.15, -0.1) is 0 Å². The largest absolute Gasteiger partial charge is 0.495 e. The normalized spacial score (nSPS) is 10.4. The molecule has 0 saturated carbocycles. The molecule has 0 saturated heterocycles. The molecule has 0 aromatic heterocycles.